The van der Waals surface area contributed by atoms with Gasteiger partial charge in [-0.1, -0.05) is 26.0 Å². The molecule has 1 aromatic carbocycles. The maximum absolute atomic E-state index is 12.8. The smallest absolute Gasteiger partial charge is 0.294 e. The van der Waals surface area contributed by atoms with E-state index in [0.29, 0.717) is 11.7 Å². The molecule has 1 N–H and O–H groups in total. The van der Waals surface area contributed by atoms with Crippen LogP contribution in [0.25, 0.3) is 11.0 Å². The summed E-state index contributed by atoms with van der Waals surface area (Å²) in [6.07, 6.45) is 3.37. The predicted molar refractivity (Wildman–Crippen MR) is 98.0 cm³/mol. The zero-order valence-electron chi connectivity index (χ0n) is 14.4. The number of pyridine rings is 1. The molecule has 0 aliphatic carbocycles. The van der Waals surface area contributed by atoms with Gasteiger partial charge in [0.2, 0.25) is 0 Å². The molecule has 0 atom stereocenters. The van der Waals surface area contributed by atoms with Gasteiger partial charge in [-0.05, 0) is 43.5 Å². The third kappa shape index (κ3) is 3.02. The highest BCUT2D eigenvalue weighted by Gasteiger charge is 2.13. The van der Waals surface area contributed by atoms with Crippen LogP contribution in [0.1, 0.15) is 45.2 Å². The Kier molecular flexibility index (Phi) is 4.34. The zero-order chi connectivity index (χ0) is 17.3. The van der Waals surface area contributed by atoms with E-state index in [1.807, 2.05) is 32.0 Å². The number of aromatic nitrogens is 3. The van der Waals surface area contributed by atoms with Crippen molar-refractivity contribution in [3.05, 3.63) is 58.6 Å². The van der Waals surface area contributed by atoms with Crippen molar-refractivity contribution >= 4 is 22.5 Å². The van der Waals surface area contributed by atoms with Gasteiger partial charge >= 0.3 is 0 Å². The van der Waals surface area contributed by atoms with Crippen LogP contribution in [0.4, 0.5) is 11.5 Å². The van der Waals surface area contributed by atoms with Crippen molar-refractivity contribution < 1.29 is 0 Å². The van der Waals surface area contributed by atoms with Crippen LogP contribution in [0.15, 0.2) is 47.5 Å². The second kappa shape index (κ2) is 6.43. The topological polar surface area (TPSA) is 59.8 Å². The lowest BCUT2D eigenvalue weighted by Gasteiger charge is -2.16. The molecule has 0 unspecified atom stereocenters. The molecule has 5 nitrogen and oxygen atoms in total. The van der Waals surface area contributed by atoms with Gasteiger partial charge in [-0.3, -0.25) is 14.3 Å². The molecular weight excluding hydrogens is 300 g/mol. The summed E-state index contributed by atoms with van der Waals surface area (Å²) < 4.78 is 1.72. The van der Waals surface area contributed by atoms with Crippen molar-refractivity contribution in [2.45, 2.75) is 39.7 Å². The molecule has 0 fully saturated rings. The number of hydrogen-bond donors (Lipinski definition) is 1. The highest BCUT2D eigenvalue weighted by molar-refractivity contribution is 5.76. The van der Waals surface area contributed by atoms with Gasteiger partial charge in [-0.2, -0.15) is 0 Å². The molecule has 0 spiro atoms. The molecule has 0 aliphatic heterocycles. The molecule has 124 valence electrons. The minimum atomic E-state index is -0.140. The summed E-state index contributed by atoms with van der Waals surface area (Å²) in [6, 6.07) is 9.94. The number of rotatable bonds is 4. The Morgan fingerprint density at radius 1 is 1.04 bits per heavy atom. The molecule has 2 heterocycles. The Balaban J connectivity index is 2.06. The van der Waals surface area contributed by atoms with Crippen molar-refractivity contribution in [3.8, 4) is 0 Å². The lowest BCUT2D eigenvalue weighted by atomic mass is 10.0. The third-order valence-electron chi connectivity index (χ3n) is 4.05. The first kappa shape index (κ1) is 16.2. The molecule has 2 aromatic heterocycles. The maximum Gasteiger partial charge on any atom is 0.294 e. The summed E-state index contributed by atoms with van der Waals surface area (Å²) in [5.41, 5.74) is 3.47. The van der Waals surface area contributed by atoms with Gasteiger partial charge in [0.25, 0.3) is 5.56 Å². The molecule has 0 aliphatic rings. The minimum Gasteiger partial charge on any atom is -0.336 e. The van der Waals surface area contributed by atoms with Crippen LogP contribution in [0.5, 0.6) is 0 Å². The van der Waals surface area contributed by atoms with E-state index >= 15 is 0 Å². The van der Waals surface area contributed by atoms with Crippen LogP contribution in [-0.2, 0) is 0 Å². The number of hydrogen-bond acceptors (Lipinski definition) is 4. The van der Waals surface area contributed by atoms with Crippen molar-refractivity contribution in [1.82, 2.24) is 14.5 Å². The highest BCUT2D eigenvalue weighted by atomic mass is 16.1. The second-order valence-corrected chi connectivity index (χ2v) is 6.50. The normalized spacial score (nSPS) is 11.4. The summed E-state index contributed by atoms with van der Waals surface area (Å²) in [4.78, 5) is 21.4. The fourth-order valence-electron chi connectivity index (χ4n) is 2.73. The highest BCUT2D eigenvalue weighted by Crippen LogP contribution is 2.20. The van der Waals surface area contributed by atoms with Crippen molar-refractivity contribution in [2.24, 2.45) is 0 Å². The average molecular weight is 322 g/mol. The van der Waals surface area contributed by atoms with Crippen LogP contribution in [0, 0.1) is 0 Å². The standard InChI is InChI=1S/C19H22N4O/c1-12(2)14-5-7-15(8-6-14)21-18-19(24)23(13(3)4)17-11-20-10-9-16(17)22-18/h5-13H,1-4H3,(H,21,22). The van der Waals surface area contributed by atoms with Gasteiger partial charge in [0.1, 0.15) is 0 Å². The summed E-state index contributed by atoms with van der Waals surface area (Å²) in [5, 5.41) is 3.16. The van der Waals surface area contributed by atoms with Crippen LogP contribution in [-0.4, -0.2) is 14.5 Å². The fourth-order valence-corrected chi connectivity index (χ4v) is 2.73. The summed E-state index contributed by atoms with van der Waals surface area (Å²) >= 11 is 0. The van der Waals surface area contributed by atoms with E-state index in [0.717, 1.165) is 16.7 Å². The number of anilines is 2. The summed E-state index contributed by atoms with van der Waals surface area (Å²) in [6.45, 7) is 8.27. The number of fused-ring (bicyclic) bond motifs is 1. The molecule has 0 amide bonds. The molecule has 5 heteroatoms. The van der Waals surface area contributed by atoms with Crippen LogP contribution in [0.2, 0.25) is 0 Å². The van der Waals surface area contributed by atoms with Crippen molar-refractivity contribution in [2.75, 3.05) is 5.32 Å². The summed E-state index contributed by atoms with van der Waals surface area (Å²) in [7, 11) is 0. The average Bonchev–Trinajstić information content (AvgIpc) is 2.55. The minimum absolute atomic E-state index is 0.0241. The Labute approximate surface area is 141 Å². The lowest BCUT2D eigenvalue weighted by Crippen LogP contribution is -2.26. The first-order chi connectivity index (χ1) is 11.5. The molecule has 0 bridgehead atoms. The molecule has 0 radical (unpaired) electrons. The van der Waals surface area contributed by atoms with Gasteiger partial charge in [-0.15, -0.1) is 0 Å². The van der Waals surface area contributed by atoms with Gasteiger partial charge in [0, 0.05) is 17.9 Å². The van der Waals surface area contributed by atoms with Crippen LogP contribution >= 0.6 is 0 Å². The fraction of sp³-hybridized carbons (Fsp3) is 0.316. The van der Waals surface area contributed by atoms with Gasteiger partial charge in [0.15, 0.2) is 5.82 Å². The quantitative estimate of drug-likeness (QED) is 0.780. The molecule has 24 heavy (non-hydrogen) atoms. The lowest BCUT2D eigenvalue weighted by molar-refractivity contribution is 0.598. The SMILES string of the molecule is CC(C)c1ccc(Nc2nc3ccncc3n(C(C)C)c2=O)cc1. The number of benzene rings is 1. The first-order valence-electron chi connectivity index (χ1n) is 8.20. The second-order valence-electron chi connectivity index (χ2n) is 6.50. The molecule has 0 saturated carbocycles. The van der Waals surface area contributed by atoms with Crippen molar-refractivity contribution in [3.63, 3.8) is 0 Å². The van der Waals surface area contributed by atoms with E-state index < -0.39 is 0 Å². The monoisotopic (exact) mass is 322 g/mol. The third-order valence-corrected chi connectivity index (χ3v) is 4.05. The first-order valence-corrected chi connectivity index (χ1v) is 8.20. The van der Waals surface area contributed by atoms with E-state index in [-0.39, 0.29) is 11.6 Å². The van der Waals surface area contributed by atoms with Gasteiger partial charge < -0.3 is 5.32 Å². The van der Waals surface area contributed by atoms with E-state index in [9.17, 15) is 4.79 Å². The van der Waals surface area contributed by atoms with Gasteiger partial charge in [-0.25, -0.2) is 4.98 Å². The van der Waals surface area contributed by atoms with Gasteiger partial charge in [0.05, 0.1) is 17.2 Å². The Bertz CT molecular complexity index is 911. The largest absolute Gasteiger partial charge is 0.336 e. The summed E-state index contributed by atoms with van der Waals surface area (Å²) in [5.74, 6) is 0.809. The molecule has 3 rings (SSSR count). The van der Waals surface area contributed by atoms with E-state index in [1.54, 1.807) is 17.0 Å². The Morgan fingerprint density at radius 2 is 1.75 bits per heavy atom. The van der Waals surface area contributed by atoms with Crippen LogP contribution < -0.4 is 10.9 Å². The Hall–Kier alpha value is -2.69. The number of nitrogens with zero attached hydrogens (tertiary/aromatic N) is 3. The van der Waals surface area contributed by atoms with Crippen LogP contribution in [0.3, 0.4) is 0 Å². The molecular formula is C19H22N4O. The zero-order valence-corrected chi connectivity index (χ0v) is 14.4. The van der Waals surface area contributed by atoms with Crippen molar-refractivity contribution in [1.29, 1.82) is 0 Å². The molecule has 0 saturated heterocycles. The number of nitrogens with one attached hydrogen (secondary N) is 1. The maximum atomic E-state index is 12.8. The molecule has 3 aromatic rings. The van der Waals surface area contributed by atoms with E-state index in [2.05, 4.69) is 41.3 Å². The Morgan fingerprint density at radius 3 is 2.38 bits per heavy atom. The predicted octanol–water partition coefficient (Wildman–Crippen LogP) is 4.24. The van der Waals surface area contributed by atoms with E-state index in [4.69, 9.17) is 0 Å². The van der Waals surface area contributed by atoms with E-state index in [1.165, 1.54) is 5.56 Å².